The maximum absolute atomic E-state index is 5.46. The molecular weight excluding hydrogens is 250 g/mol. The van der Waals surface area contributed by atoms with E-state index < -0.39 is 0 Å². The number of hydrogen-bond donors (Lipinski definition) is 0. The van der Waals surface area contributed by atoms with E-state index in [1.165, 1.54) is 12.0 Å². The SMILES string of the molecule is COCCN(C/C=C/c1ccccc1)C[C@H]1CCOC1. The number of methoxy groups -OCH3 is 1. The molecule has 1 aromatic rings. The van der Waals surface area contributed by atoms with E-state index in [0.717, 1.165) is 39.5 Å². The highest BCUT2D eigenvalue weighted by Crippen LogP contribution is 2.14. The first-order chi connectivity index (χ1) is 9.88. The van der Waals surface area contributed by atoms with Crippen molar-refractivity contribution in [3.8, 4) is 0 Å². The topological polar surface area (TPSA) is 21.7 Å². The largest absolute Gasteiger partial charge is 0.383 e. The molecule has 2 rings (SSSR count). The van der Waals surface area contributed by atoms with Crippen molar-refractivity contribution < 1.29 is 9.47 Å². The quantitative estimate of drug-likeness (QED) is 0.728. The summed E-state index contributed by atoms with van der Waals surface area (Å²) in [7, 11) is 1.76. The Bertz CT molecular complexity index is 385. The summed E-state index contributed by atoms with van der Waals surface area (Å²) in [4.78, 5) is 2.45. The highest BCUT2D eigenvalue weighted by atomic mass is 16.5. The van der Waals surface area contributed by atoms with Crippen LogP contribution in [0.15, 0.2) is 36.4 Å². The fraction of sp³-hybridized carbons (Fsp3) is 0.529. The highest BCUT2D eigenvalue weighted by Gasteiger charge is 2.18. The summed E-state index contributed by atoms with van der Waals surface area (Å²) in [6.07, 6.45) is 5.61. The lowest BCUT2D eigenvalue weighted by Gasteiger charge is -2.23. The molecule has 3 nitrogen and oxygen atoms in total. The summed E-state index contributed by atoms with van der Waals surface area (Å²) in [6, 6.07) is 10.4. The van der Waals surface area contributed by atoms with Gasteiger partial charge >= 0.3 is 0 Å². The van der Waals surface area contributed by atoms with Gasteiger partial charge < -0.3 is 9.47 Å². The molecule has 0 bridgehead atoms. The smallest absolute Gasteiger partial charge is 0.0589 e. The van der Waals surface area contributed by atoms with E-state index in [1.54, 1.807) is 7.11 Å². The van der Waals surface area contributed by atoms with Crippen LogP contribution in [0.5, 0.6) is 0 Å². The molecule has 0 spiro atoms. The Hall–Kier alpha value is -1.16. The molecule has 0 aromatic heterocycles. The van der Waals surface area contributed by atoms with Crippen LogP contribution in [0.3, 0.4) is 0 Å². The number of ether oxygens (including phenoxy) is 2. The molecule has 1 aromatic carbocycles. The van der Waals surface area contributed by atoms with Gasteiger partial charge in [-0.2, -0.15) is 0 Å². The Morgan fingerprint density at radius 1 is 1.35 bits per heavy atom. The molecule has 0 radical (unpaired) electrons. The second kappa shape index (κ2) is 8.90. The van der Waals surface area contributed by atoms with Crippen LogP contribution in [0, 0.1) is 5.92 Å². The lowest BCUT2D eigenvalue weighted by atomic mass is 10.1. The lowest BCUT2D eigenvalue weighted by Crippen LogP contribution is -2.32. The van der Waals surface area contributed by atoms with Crippen LogP contribution >= 0.6 is 0 Å². The molecule has 1 atom stereocenters. The maximum Gasteiger partial charge on any atom is 0.0589 e. The van der Waals surface area contributed by atoms with Crippen molar-refractivity contribution >= 4 is 6.08 Å². The summed E-state index contributed by atoms with van der Waals surface area (Å²) in [5.41, 5.74) is 1.25. The summed E-state index contributed by atoms with van der Waals surface area (Å²) < 4.78 is 10.7. The van der Waals surface area contributed by atoms with Crippen molar-refractivity contribution in [2.45, 2.75) is 6.42 Å². The van der Waals surface area contributed by atoms with Gasteiger partial charge in [0.2, 0.25) is 0 Å². The fourth-order valence-electron chi connectivity index (χ4n) is 2.47. The van der Waals surface area contributed by atoms with Crippen LogP contribution in [0.2, 0.25) is 0 Å². The maximum atomic E-state index is 5.46. The molecular formula is C17H25NO2. The van der Waals surface area contributed by atoms with Crippen LogP contribution in [-0.2, 0) is 9.47 Å². The summed E-state index contributed by atoms with van der Waals surface area (Å²) in [6.45, 7) is 5.66. The number of nitrogens with zero attached hydrogens (tertiary/aromatic N) is 1. The first-order valence-corrected chi connectivity index (χ1v) is 7.39. The predicted molar refractivity (Wildman–Crippen MR) is 82.7 cm³/mol. The van der Waals surface area contributed by atoms with Gasteiger partial charge in [0.15, 0.2) is 0 Å². The zero-order valence-electron chi connectivity index (χ0n) is 12.3. The highest BCUT2D eigenvalue weighted by molar-refractivity contribution is 5.48. The molecule has 1 heterocycles. The zero-order valence-corrected chi connectivity index (χ0v) is 12.3. The van der Waals surface area contributed by atoms with E-state index in [0.29, 0.717) is 5.92 Å². The van der Waals surface area contributed by atoms with Crippen LogP contribution in [0.25, 0.3) is 6.08 Å². The first kappa shape index (κ1) is 15.2. The van der Waals surface area contributed by atoms with Gasteiger partial charge in [-0.15, -0.1) is 0 Å². The van der Waals surface area contributed by atoms with Gasteiger partial charge in [-0.3, -0.25) is 4.90 Å². The summed E-state index contributed by atoms with van der Waals surface area (Å²) in [5, 5.41) is 0. The van der Waals surface area contributed by atoms with Crippen LogP contribution in [0.4, 0.5) is 0 Å². The molecule has 110 valence electrons. The molecule has 0 amide bonds. The molecule has 0 saturated carbocycles. The zero-order chi connectivity index (χ0) is 14.0. The van der Waals surface area contributed by atoms with E-state index in [-0.39, 0.29) is 0 Å². The van der Waals surface area contributed by atoms with Crippen LogP contribution in [0.1, 0.15) is 12.0 Å². The average molecular weight is 275 g/mol. The minimum Gasteiger partial charge on any atom is -0.383 e. The third kappa shape index (κ3) is 5.45. The van der Waals surface area contributed by atoms with Gasteiger partial charge in [-0.1, -0.05) is 42.5 Å². The van der Waals surface area contributed by atoms with Gasteiger partial charge in [0, 0.05) is 33.4 Å². The Morgan fingerprint density at radius 3 is 2.90 bits per heavy atom. The Kier molecular flexibility index (Phi) is 6.78. The van der Waals surface area contributed by atoms with Gasteiger partial charge in [0.05, 0.1) is 13.2 Å². The van der Waals surface area contributed by atoms with E-state index in [1.807, 2.05) is 6.07 Å². The Morgan fingerprint density at radius 2 is 2.20 bits per heavy atom. The van der Waals surface area contributed by atoms with Gasteiger partial charge in [-0.05, 0) is 17.9 Å². The summed E-state index contributed by atoms with van der Waals surface area (Å²) in [5.74, 6) is 0.678. The molecule has 3 heteroatoms. The van der Waals surface area contributed by atoms with Crippen molar-refractivity contribution in [2.24, 2.45) is 5.92 Å². The Balaban J connectivity index is 1.81. The number of benzene rings is 1. The third-order valence-electron chi connectivity index (χ3n) is 3.63. The van der Waals surface area contributed by atoms with E-state index >= 15 is 0 Å². The van der Waals surface area contributed by atoms with Crippen molar-refractivity contribution in [1.29, 1.82) is 0 Å². The molecule has 20 heavy (non-hydrogen) atoms. The molecule has 1 fully saturated rings. The number of rotatable bonds is 8. The van der Waals surface area contributed by atoms with Gasteiger partial charge in [0.25, 0.3) is 0 Å². The molecule has 0 aliphatic carbocycles. The van der Waals surface area contributed by atoms with E-state index in [2.05, 4.69) is 41.3 Å². The van der Waals surface area contributed by atoms with E-state index in [9.17, 15) is 0 Å². The average Bonchev–Trinajstić information content (AvgIpc) is 2.98. The minimum atomic E-state index is 0.678. The fourth-order valence-corrected chi connectivity index (χ4v) is 2.47. The Labute approximate surface area is 122 Å². The molecule has 1 saturated heterocycles. The van der Waals surface area contributed by atoms with Crippen LogP contribution in [-0.4, -0.2) is 51.5 Å². The second-order valence-electron chi connectivity index (χ2n) is 5.30. The van der Waals surface area contributed by atoms with Gasteiger partial charge in [-0.25, -0.2) is 0 Å². The predicted octanol–water partition coefficient (Wildman–Crippen LogP) is 2.68. The van der Waals surface area contributed by atoms with Gasteiger partial charge in [0.1, 0.15) is 0 Å². The first-order valence-electron chi connectivity index (χ1n) is 7.39. The van der Waals surface area contributed by atoms with Crippen molar-refractivity contribution in [1.82, 2.24) is 4.90 Å². The minimum absolute atomic E-state index is 0.678. The van der Waals surface area contributed by atoms with Crippen molar-refractivity contribution in [3.63, 3.8) is 0 Å². The molecule has 0 unspecified atom stereocenters. The number of hydrogen-bond acceptors (Lipinski definition) is 3. The monoisotopic (exact) mass is 275 g/mol. The standard InChI is InChI=1S/C17H25NO2/c1-19-13-11-18(14-17-9-12-20-15-17)10-5-8-16-6-3-2-4-7-16/h2-8,17H,9-15H2,1H3/b8-5+/t17-/m1/s1. The normalized spacial score (nSPS) is 19.2. The molecule has 0 N–H and O–H groups in total. The molecule has 1 aliphatic heterocycles. The second-order valence-corrected chi connectivity index (χ2v) is 5.30. The van der Waals surface area contributed by atoms with E-state index in [4.69, 9.17) is 9.47 Å². The third-order valence-corrected chi connectivity index (χ3v) is 3.63. The van der Waals surface area contributed by atoms with Crippen LogP contribution < -0.4 is 0 Å². The molecule has 1 aliphatic rings. The lowest BCUT2D eigenvalue weighted by molar-refractivity contribution is 0.135. The van der Waals surface area contributed by atoms with Crippen molar-refractivity contribution in [2.75, 3.05) is 46.6 Å². The summed E-state index contributed by atoms with van der Waals surface area (Å²) >= 11 is 0. The van der Waals surface area contributed by atoms with Crippen molar-refractivity contribution in [3.05, 3.63) is 42.0 Å².